The third-order valence-corrected chi connectivity index (χ3v) is 4.12. The Balaban J connectivity index is 1.62. The molecule has 0 N–H and O–H groups in total. The first-order chi connectivity index (χ1) is 10.7. The van der Waals surface area contributed by atoms with E-state index in [-0.39, 0.29) is 0 Å². The summed E-state index contributed by atoms with van der Waals surface area (Å²) >= 11 is 0. The Morgan fingerprint density at radius 2 is 2.05 bits per heavy atom. The number of nitrogens with zero attached hydrogens (tertiary/aromatic N) is 4. The second kappa shape index (κ2) is 4.98. The average molecular weight is 290 g/mol. The van der Waals surface area contributed by atoms with Crippen molar-refractivity contribution in [2.45, 2.75) is 26.2 Å². The van der Waals surface area contributed by atoms with Gasteiger partial charge in [-0.2, -0.15) is 0 Å². The molecule has 0 saturated heterocycles. The highest BCUT2D eigenvalue weighted by Gasteiger charge is 2.10. The van der Waals surface area contributed by atoms with Gasteiger partial charge in [0.05, 0.1) is 5.69 Å². The van der Waals surface area contributed by atoms with E-state index in [0.29, 0.717) is 5.92 Å². The fraction of sp³-hybridized carbons (Fsp3) is 0.222. The topological polar surface area (TPSA) is 34.6 Å². The molecule has 4 heteroatoms. The smallest absolute Gasteiger partial charge is 0.233 e. The van der Waals surface area contributed by atoms with E-state index in [1.54, 1.807) is 0 Å². The van der Waals surface area contributed by atoms with E-state index in [1.807, 2.05) is 23.7 Å². The monoisotopic (exact) mass is 290 g/mol. The summed E-state index contributed by atoms with van der Waals surface area (Å²) in [5.41, 5.74) is 4.82. The Kier molecular flexibility index (Phi) is 2.96. The minimum atomic E-state index is 0.448. The van der Waals surface area contributed by atoms with Crippen molar-refractivity contribution in [1.82, 2.24) is 18.8 Å². The lowest BCUT2D eigenvalue weighted by Gasteiger charge is -2.09. The molecule has 0 amide bonds. The van der Waals surface area contributed by atoms with Crippen LogP contribution in [0.4, 0.5) is 0 Å². The summed E-state index contributed by atoms with van der Waals surface area (Å²) in [6.45, 7) is 4.25. The molecule has 0 bridgehead atoms. The summed E-state index contributed by atoms with van der Waals surface area (Å²) in [6, 6.07) is 8.53. The molecule has 4 aromatic rings. The van der Waals surface area contributed by atoms with Crippen LogP contribution in [0.5, 0.6) is 0 Å². The van der Waals surface area contributed by atoms with Crippen molar-refractivity contribution >= 4 is 11.3 Å². The van der Waals surface area contributed by atoms with Crippen LogP contribution in [0.3, 0.4) is 0 Å². The molecule has 110 valence electrons. The molecule has 0 spiro atoms. The molecule has 1 atom stereocenters. The van der Waals surface area contributed by atoms with Gasteiger partial charge < -0.3 is 4.40 Å². The molecule has 0 radical (unpaired) electrons. The van der Waals surface area contributed by atoms with Gasteiger partial charge in [0.2, 0.25) is 5.78 Å². The van der Waals surface area contributed by atoms with Gasteiger partial charge in [0.15, 0.2) is 0 Å². The molecule has 22 heavy (non-hydrogen) atoms. The Bertz CT molecular complexity index is 915. The molecule has 0 aliphatic heterocycles. The van der Waals surface area contributed by atoms with Crippen molar-refractivity contribution in [2.75, 3.05) is 0 Å². The van der Waals surface area contributed by atoms with E-state index in [0.717, 1.165) is 17.9 Å². The molecular weight excluding hydrogens is 272 g/mol. The summed E-state index contributed by atoms with van der Waals surface area (Å²) in [6.07, 6.45) is 11.4. The SMILES string of the molecule is Cc1cn2cc(CC(C)c3cc4ccccn4c3)cnc2n1. The second-order valence-electron chi connectivity index (χ2n) is 5.96. The highest BCUT2D eigenvalue weighted by Crippen LogP contribution is 2.23. The van der Waals surface area contributed by atoms with E-state index in [9.17, 15) is 0 Å². The normalized spacial score (nSPS) is 13.0. The van der Waals surface area contributed by atoms with Crippen LogP contribution in [0.15, 0.2) is 55.2 Å². The van der Waals surface area contributed by atoms with Crippen molar-refractivity contribution in [3.05, 3.63) is 72.1 Å². The molecular formula is C18H18N4. The molecule has 0 aliphatic rings. The first kappa shape index (κ1) is 13.1. The number of aryl methyl sites for hydroxylation is 1. The Hall–Kier alpha value is -2.62. The van der Waals surface area contributed by atoms with Crippen molar-refractivity contribution in [3.63, 3.8) is 0 Å². The van der Waals surface area contributed by atoms with Crippen LogP contribution in [-0.4, -0.2) is 18.8 Å². The molecule has 4 aromatic heterocycles. The van der Waals surface area contributed by atoms with Gasteiger partial charge in [-0.25, -0.2) is 9.97 Å². The maximum atomic E-state index is 4.44. The molecule has 0 aromatic carbocycles. The number of pyridine rings is 1. The van der Waals surface area contributed by atoms with E-state index in [2.05, 4.69) is 64.1 Å². The maximum absolute atomic E-state index is 4.44. The number of rotatable bonds is 3. The molecule has 0 fully saturated rings. The predicted octanol–water partition coefficient (Wildman–Crippen LogP) is 3.64. The number of hydrogen-bond donors (Lipinski definition) is 0. The quantitative estimate of drug-likeness (QED) is 0.577. The zero-order valence-electron chi connectivity index (χ0n) is 12.8. The number of fused-ring (bicyclic) bond motifs is 2. The van der Waals surface area contributed by atoms with Gasteiger partial charge >= 0.3 is 0 Å². The molecule has 1 unspecified atom stereocenters. The van der Waals surface area contributed by atoms with Crippen molar-refractivity contribution in [2.24, 2.45) is 0 Å². The minimum absolute atomic E-state index is 0.448. The third kappa shape index (κ3) is 2.26. The van der Waals surface area contributed by atoms with Gasteiger partial charge in [-0.1, -0.05) is 13.0 Å². The zero-order valence-corrected chi connectivity index (χ0v) is 12.8. The largest absolute Gasteiger partial charge is 0.324 e. The van der Waals surface area contributed by atoms with Crippen LogP contribution < -0.4 is 0 Å². The predicted molar refractivity (Wildman–Crippen MR) is 87.2 cm³/mol. The summed E-state index contributed by atoms with van der Waals surface area (Å²) in [4.78, 5) is 8.81. The van der Waals surface area contributed by atoms with E-state index >= 15 is 0 Å². The summed E-state index contributed by atoms with van der Waals surface area (Å²) in [5, 5.41) is 0. The van der Waals surface area contributed by atoms with Crippen molar-refractivity contribution in [1.29, 1.82) is 0 Å². The molecule has 0 aliphatic carbocycles. The Labute approximate surface area is 129 Å². The summed E-state index contributed by atoms with van der Waals surface area (Å²) in [5.74, 6) is 1.22. The fourth-order valence-corrected chi connectivity index (χ4v) is 2.97. The van der Waals surface area contributed by atoms with Crippen LogP contribution in [0.25, 0.3) is 11.3 Å². The van der Waals surface area contributed by atoms with Crippen LogP contribution in [-0.2, 0) is 6.42 Å². The van der Waals surface area contributed by atoms with Gasteiger partial charge in [-0.15, -0.1) is 0 Å². The highest BCUT2D eigenvalue weighted by atomic mass is 15.1. The van der Waals surface area contributed by atoms with Gasteiger partial charge in [0, 0.05) is 36.5 Å². The van der Waals surface area contributed by atoms with E-state index in [4.69, 9.17) is 0 Å². The van der Waals surface area contributed by atoms with Crippen LogP contribution in [0, 0.1) is 6.92 Å². The number of hydrogen-bond acceptors (Lipinski definition) is 2. The van der Waals surface area contributed by atoms with Crippen LogP contribution in [0.1, 0.15) is 29.7 Å². The second-order valence-corrected chi connectivity index (χ2v) is 5.96. The van der Waals surface area contributed by atoms with E-state index < -0.39 is 0 Å². The summed E-state index contributed by atoms with van der Waals surface area (Å²) in [7, 11) is 0. The molecule has 4 heterocycles. The van der Waals surface area contributed by atoms with Gasteiger partial charge in [0.25, 0.3) is 0 Å². The lowest BCUT2D eigenvalue weighted by molar-refractivity contribution is 0.751. The first-order valence-corrected chi connectivity index (χ1v) is 7.56. The molecule has 0 saturated carbocycles. The van der Waals surface area contributed by atoms with Crippen molar-refractivity contribution in [3.8, 4) is 0 Å². The van der Waals surface area contributed by atoms with E-state index in [1.165, 1.54) is 16.6 Å². The van der Waals surface area contributed by atoms with Gasteiger partial charge in [-0.05, 0) is 48.6 Å². The lowest BCUT2D eigenvalue weighted by Crippen LogP contribution is -2.00. The standard InChI is InChI=1S/C18H18N4/c1-13(16-8-17-5-3-4-6-21(17)12-16)7-15-9-19-18-20-14(2)10-22(18)11-15/h3-6,8-13H,7H2,1-2H3. The zero-order chi connectivity index (χ0) is 15.1. The highest BCUT2D eigenvalue weighted by molar-refractivity contribution is 5.51. The van der Waals surface area contributed by atoms with Crippen LogP contribution in [0.2, 0.25) is 0 Å². The van der Waals surface area contributed by atoms with Crippen molar-refractivity contribution < 1.29 is 0 Å². The fourth-order valence-electron chi connectivity index (χ4n) is 2.97. The first-order valence-electron chi connectivity index (χ1n) is 7.56. The van der Waals surface area contributed by atoms with Gasteiger partial charge in [0.1, 0.15) is 0 Å². The lowest BCUT2D eigenvalue weighted by atomic mass is 9.97. The Morgan fingerprint density at radius 1 is 1.14 bits per heavy atom. The summed E-state index contributed by atoms with van der Waals surface area (Å²) < 4.78 is 4.18. The maximum Gasteiger partial charge on any atom is 0.233 e. The number of aromatic nitrogens is 4. The number of imidazole rings is 1. The molecule has 4 nitrogen and oxygen atoms in total. The third-order valence-electron chi connectivity index (χ3n) is 4.12. The molecule has 4 rings (SSSR count). The average Bonchev–Trinajstić information content (AvgIpc) is 3.08. The van der Waals surface area contributed by atoms with Crippen LogP contribution >= 0.6 is 0 Å². The minimum Gasteiger partial charge on any atom is -0.324 e. The Morgan fingerprint density at radius 3 is 2.91 bits per heavy atom. The van der Waals surface area contributed by atoms with Gasteiger partial charge in [-0.3, -0.25) is 4.40 Å².